The van der Waals surface area contributed by atoms with Crippen molar-refractivity contribution in [1.29, 1.82) is 0 Å². The van der Waals surface area contributed by atoms with Crippen LogP contribution in [0.1, 0.15) is 23.6 Å². The smallest absolute Gasteiger partial charge is 0.240 e. The number of hydrogen-bond donors (Lipinski definition) is 1. The van der Waals surface area contributed by atoms with Gasteiger partial charge in [-0.05, 0) is 31.9 Å². The highest BCUT2D eigenvalue weighted by atomic mass is 16.2. The van der Waals surface area contributed by atoms with Gasteiger partial charge in [-0.3, -0.25) is 9.59 Å². The Bertz CT molecular complexity index is 512. The lowest BCUT2D eigenvalue weighted by molar-refractivity contribution is -0.122. The molecule has 0 spiro atoms. The molecule has 0 fully saturated rings. The molecule has 1 rings (SSSR count). The first-order chi connectivity index (χ1) is 9.36. The fourth-order valence-electron chi connectivity index (χ4n) is 2.33. The van der Waals surface area contributed by atoms with Crippen LogP contribution in [0.3, 0.4) is 0 Å². The largest absolute Gasteiger partial charge is 0.351 e. The standard InChI is InChI=1S/C16H22N2O2/c1-6-7-17-15(20)10-18(14(5)19)16-12(3)8-11(2)9-13(16)4/h6,8-9H,1,7,10H2,2-5H3,(H,17,20). The van der Waals surface area contributed by atoms with E-state index >= 15 is 0 Å². The van der Waals surface area contributed by atoms with Crippen LogP contribution in [0.5, 0.6) is 0 Å². The summed E-state index contributed by atoms with van der Waals surface area (Å²) in [6.07, 6.45) is 1.61. The fraction of sp³-hybridized carbons (Fsp3) is 0.375. The Morgan fingerprint density at radius 1 is 1.25 bits per heavy atom. The van der Waals surface area contributed by atoms with Crippen LogP contribution in [0.25, 0.3) is 0 Å². The van der Waals surface area contributed by atoms with E-state index in [1.807, 2.05) is 32.9 Å². The minimum atomic E-state index is -0.195. The van der Waals surface area contributed by atoms with Crippen LogP contribution in [0.2, 0.25) is 0 Å². The maximum Gasteiger partial charge on any atom is 0.240 e. The number of carbonyl (C=O) groups excluding carboxylic acids is 2. The second-order valence-corrected chi connectivity index (χ2v) is 4.95. The van der Waals surface area contributed by atoms with Crippen LogP contribution in [-0.2, 0) is 9.59 Å². The van der Waals surface area contributed by atoms with E-state index in [0.29, 0.717) is 6.54 Å². The third-order valence-electron chi connectivity index (χ3n) is 3.03. The van der Waals surface area contributed by atoms with E-state index in [9.17, 15) is 9.59 Å². The van der Waals surface area contributed by atoms with Gasteiger partial charge in [0.15, 0.2) is 0 Å². The quantitative estimate of drug-likeness (QED) is 0.837. The zero-order chi connectivity index (χ0) is 15.3. The van der Waals surface area contributed by atoms with Crippen LogP contribution >= 0.6 is 0 Å². The molecule has 4 nitrogen and oxygen atoms in total. The molecule has 2 amide bonds. The molecule has 0 bridgehead atoms. The van der Waals surface area contributed by atoms with Gasteiger partial charge < -0.3 is 10.2 Å². The van der Waals surface area contributed by atoms with Crippen LogP contribution in [0, 0.1) is 20.8 Å². The molecule has 108 valence electrons. The van der Waals surface area contributed by atoms with Gasteiger partial charge in [-0.25, -0.2) is 0 Å². The lowest BCUT2D eigenvalue weighted by Crippen LogP contribution is -2.40. The lowest BCUT2D eigenvalue weighted by Gasteiger charge is -2.25. The summed E-state index contributed by atoms with van der Waals surface area (Å²) < 4.78 is 0. The topological polar surface area (TPSA) is 49.4 Å². The molecule has 0 aromatic heterocycles. The number of carbonyl (C=O) groups is 2. The van der Waals surface area contributed by atoms with E-state index in [0.717, 1.165) is 22.4 Å². The Labute approximate surface area is 120 Å². The van der Waals surface area contributed by atoms with E-state index in [-0.39, 0.29) is 18.4 Å². The molecule has 0 aliphatic carbocycles. The van der Waals surface area contributed by atoms with Crippen molar-refractivity contribution in [3.63, 3.8) is 0 Å². The van der Waals surface area contributed by atoms with Crippen LogP contribution in [-0.4, -0.2) is 24.9 Å². The fourth-order valence-corrected chi connectivity index (χ4v) is 2.33. The van der Waals surface area contributed by atoms with E-state index in [1.54, 1.807) is 6.08 Å². The first-order valence-corrected chi connectivity index (χ1v) is 6.60. The summed E-state index contributed by atoms with van der Waals surface area (Å²) in [7, 11) is 0. The normalized spacial score (nSPS) is 10.0. The van der Waals surface area contributed by atoms with Gasteiger partial charge in [0.25, 0.3) is 0 Å². The highest BCUT2D eigenvalue weighted by Crippen LogP contribution is 2.26. The number of nitrogens with zero attached hydrogens (tertiary/aromatic N) is 1. The van der Waals surface area contributed by atoms with Gasteiger partial charge in [-0.15, -0.1) is 6.58 Å². The Balaban J connectivity index is 3.06. The molecule has 1 aromatic rings. The molecule has 0 unspecified atom stereocenters. The van der Waals surface area contributed by atoms with Crippen molar-refractivity contribution in [3.05, 3.63) is 41.5 Å². The van der Waals surface area contributed by atoms with Gasteiger partial charge in [0.2, 0.25) is 11.8 Å². The van der Waals surface area contributed by atoms with Crippen molar-refractivity contribution in [2.45, 2.75) is 27.7 Å². The first-order valence-electron chi connectivity index (χ1n) is 6.60. The maximum absolute atomic E-state index is 11.9. The van der Waals surface area contributed by atoms with E-state index in [2.05, 4.69) is 11.9 Å². The van der Waals surface area contributed by atoms with Crippen LogP contribution in [0.4, 0.5) is 5.69 Å². The molecular formula is C16H22N2O2. The third kappa shape index (κ3) is 3.95. The predicted molar refractivity (Wildman–Crippen MR) is 81.9 cm³/mol. The number of rotatable bonds is 5. The van der Waals surface area contributed by atoms with Crippen molar-refractivity contribution in [2.24, 2.45) is 0 Å². The highest BCUT2D eigenvalue weighted by Gasteiger charge is 2.19. The van der Waals surface area contributed by atoms with Crippen molar-refractivity contribution in [1.82, 2.24) is 5.32 Å². The Hall–Kier alpha value is -2.10. The maximum atomic E-state index is 11.9. The second kappa shape index (κ2) is 6.89. The predicted octanol–water partition coefficient (Wildman–Crippen LogP) is 2.27. The molecule has 0 heterocycles. The van der Waals surface area contributed by atoms with E-state index in [1.165, 1.54) is 11.8 Å². The molecule has 0 aliphatic rings. The van der Waals surface area contributed by atoms with Crippen LogP contribution in [0.15, 0.2) is 24.8 Å². The van der Waals surface area contributed by atoms with Crippen molar-refractivity contribution >= 4 is 17.5 Å². The number of aryl methyl sites for hydroxylation is 3. The molecule has 0 atom stereocenters. The number of hydrogen-bond acceptors (Lipinski definition) is 2. The van der Waals surface area contributed by atoms with Crippen molar-refractivity contribution in [2.75, 3.05) is 18.0 Å². The molecule has 0 aliphatic heterocycles. The Kier molecular flexibility index (Phi) is 5.50. The summed E-state index contributed by atoms with van der Waals surface area (Å²) in [4.78, 5) is 25.2. The average Bonchev–Trinajstić information content (AvgIpc) is 2.33. The Morgan fingerprint density at radius 2 is 1.80 bits per heavy atom. The molecule has 1 N–H and O–H groups in total. The Morgan fingerprint density at radius 3 is 2.25 bits per heavy atom. The molecule has 0 saturated heterocycles. The molecular weight excluding hydrogens is 252 g/mol. The van der Waals surface area contributed by atoms with E-state index < -0.39 is 0 Å². The number of anilines is 1. The van der Waals surface area contributed by atoms with Gasteiger partial charge in [0.1, 0.15) is 6.54 Å². The molecule has 0 saturated carbocycles. The number of nitrogens with one attached hydrogen (secondary N) is 1. The minimum absolute atomic E-state index is 0.0217. The van der Waals surface area contributed by atoms with Crippen molar-refractivity contribution < 1.29 is 9.59 Å². The lowest BCUT2D eigenvalue weighted by atomic mass is 10.0. The highest BCUT2D eigenvalue weighted by molar-refractivity contribution is 5.98. The third-order valence-corrected chi connectivity index (χ3v) is 3.03. The average molecular weight is 274 g/mol. The summed E-state index contributed by atoms with van der Waals surface area (Å²) in [6.45, 7) is 11.4. The number of benzene rings is 1. The second-order valence-electron chi connectivity index (χ2n) is 4.95. The summed E-state index contributed by atoms with van der Waals surface area (Å²) in [5, 5.41) is 2.69. The minimum Gasteiger partial charge on any atom is -0.351 e. The van der Waals surface area contributed by atoms with Gasteiger partial charge in [0.05, 0.1) is 5.69 Å². The molecule has 4 heteroatoms. The monoisotopic (exact) mass is 274 g/mol. The summed E-state index contributed by atoms with van der Waals surface area (Å²) in [6, 6.07) is 4.03. The number of amides is 2. The van der Waals surface area contributed by atoms with Gasteiger partial charge in [-0.2, -0.15) is 0 Å². The molecule has 0 radical (unpaired) electrons. The van der Waals surface area contributed by atoms with Crippen molar-refractivity contribution in [3.8, 4) is 0 Å². The van der Waals surface area contributed by atoms with Gasteiger partial charge in [0, 0.05) is 13.5 Å². The summed E-state index contributed by atoms with van der Waals surface area (Å²) in [5.74, 6) is -0.340. The summed E-state index contributed by atoms with van der Waals surface area (Å²) in [5.41, 5.74) is 3.95. The molecule has 20 heavy (non-hydrogen) atoms. The first kappa shape index (κ1) is 16.0. The van der Waals surface area contributed by atoms with E-state index in [4.69, 9.17) is 0 Å². The van der Waals surface area contributed by atoms with Gasteiger partial charge >= 0.3 is 0 Å². The molecule has 1 aromatic carbocycles. The zero-order valence-electron chi connectivity index (χ0n) is 12.6. The zero-order valence-corrected chi connectivity index (χ0v) is 12.6. The summed E-state index contributed by atoms with van der Waals surface area (Å²) >= 11 is 0. The van der Waals surface area contributed by atoms with Gasteiger partial charge in [-0.1, -0.05) is 23.8 Å². The SMILES string of the molecule is C=CCNC(=O)CN(C(C)=O)c1c(C)cc(C)cc1C. The van der Waals surface area contributed by atoms with Crippen LogP contribution < -0.4 is 10.2 Å².